The van der Waals surface area contributed by atoms with Gasteiger partial charge in [-0.1, -0.05) is 18.2 Å². The van der Waals surface area contributed by atoms with Crippen LogP contribution in [0.25, 0.3) is 0 Å². The van der Waals surface area contributed by atoms with Gasteiger partial charge in [-0.15, -0.1) is 0 Å². The average molecular weight is 421 g/mol. The molecule has 7 nitrogen and oxygen atoms in total. The topological polar surface area (TPSA) is 99.4 Å². The number of benzene rings is 1. The molecule has 0 aliphatic heterocycles. The van der Waals surface area contributed by atoms with E-state index in [1.807, 2.05) is 36.7 Å². The second-order valence-corrected chi connectivity index (χ2v) is 7.13. The number of nitrogens with one attached hydrogen (secondary N) is 1. The van der Waals surface area contributed by atoms with Crippen molar-refractivity contribution < 1.29 is 14.3 Å². The fraction of sp³-hybridized carbons (Fsp3) is 0.292. The number of nitrogens with two attached hydrogens (primary N) is 1. The molecular weight excluding hydrogens is 392 g/mol. The summed E-state index contributed by atoms with van der Waals surface area (Å²) in [6.45, 7) is 0.567. The summed E-state index contributed by atoms with van der Waals surface area (Å²) in [5, 5.41) is 3.27. The number of nitrogens with zero attached hydrogens (tertiary/aromatic N) is 2. The number of aromatic nitrogens is 2. The molecule has 0 bridgehead atoms. The van der Waals surface area contributed by atoms with Gasteiger partial charge >= 0.3 is 0 Å². The fourth-order valence-electron chi connectivity index (χ4n) is 3.60. The normalized spacial score (nSPS) is 11.7. The van der Waals surface area contributed by atoms with Crippen molar-refractivity contribution in [3.05, 3.63) is 83.4 Å². The van der Waals surface area contributed by atoms with Crippen LogP contribution in [0.4, 0.5) is 0 Å². The van der Waals surface area contributed by atoms with Crippen LogP contribution >= 0.6 is 0 Å². The molecule has 0 aliphatic rings. The monoisotopic (exact) mass is 420 g/mol. The van der Waals surface area contributed by atoms with Gasteiger partial charge in [-0.2, -0.15) is 0 Å². The lowest BCUT2D eigenvalue weighted by Gasteiger charge is -2.20. The maximum absolute atomic E-state index is 12.2. The Morgan fingerprint density at radius 3 is 2.52 bits per heavy atom. The Morgan fingerprint density at radius 2 is 1.81 bits per heavy atom. The number of methoxy groups -OCH3 is 2. The van der Waals surface area contributed by atoms with Crippen LogP contribution in [0, 0.1) is 0 Å². The third-order valence-electron chi connectivity index (χ3n) is 5.18. The summed E-state index contributed by atoms with van der Waals surface area (Å²) >= 11 is 0. The second kappa shape index (κ2) is 11.1. The number of rotatable bonds is 11. The summed E-state index contributed by atoms with van der Waals surface area (Å²) in [5.74, 6) is 0.584. The molecular formula is C24H28N4O3. The number of hydrogen-bond donors (Lipinski definition) is 2. The predicted molar refractivity (Wildman–Crippen MR) is 119 cm³/mol. The Hall–Kier alpha value is -3.45. The molecule has 3 rings (SSSR count). The van der Waals surface area contributed by atoms with Gasteiger partial charge in [0.15, 0.2) is 11.5 Å². The number of carbonyl (C=O) groups is 1. The average Bonchev–Trinajstić information content (AvgIpc) is 2.81. The molecule has 0 fully saturated rings. The molecule has 2 heterocycles. The van der Waals surface area contributed by atoms with Gasteiger partial charge in [0.2, 0.25) is 5.91 Å². The van der Waals surface area contributed by atoms with E-state index in [9.17, 15) is 4.79 Å². The van der Waals surface area contributed by atoms with E-state index in [0.29, 0.717) is 23.6 Å². The van der Waals surface area contributed by atoms with Crippen molar-refractivity contribution >= 4 is 5.91 Å². The van der Waals surface area contributed by atoms with Gasteiger partial charge in [0, 0.05) is 36.9 Å². The zero-order chi connectivity index (χ0) is 22.1. The van der Waals surface area contributed by atoms with E-state index in [1.165, 1.54) is 16.7 Å². The first kappa shape index (κ1) is 22.2. The molecule has 1 amide bonds. The first-order chi connectivity index (χ1) is 15.1. The number of carbonyl (C=O) groups excluding carboxylic acids is 1. The summed E-state index contributed by atoms with van der Waals surface area (Å²) < 4.78 is 10.8. The highest BCUT2D eigenvalue weighted by atomic mass is 16.5. The lowest BCUT2D eigenvalue weighted by molar-refractivity contribution is -0.120. The van der Waals surface area contributed by atoms with E-state index in [2.05, 4.69) is 21.4 Å². The van der Waals surface area contributed by atoms with E-state index < -0.39 is 11.9 Å². The minimum atomic E-state index is -0.689. The zero-order valence-corrected chi connectivity index (χ0v) is 17.9. The standard InChI is InChI=1S/C24H28N4O3/c1-30-21-7-3-6-20(23(21)31-2)22(24(25)29)28-14-11-18-10-13-27-16-19(18)9-8-17-5-4-12-26-15-17/h3-7,10,12-13,15-16,22,28H,8-9,11,14H2,1-2H3,(H2,25,29). The zero-order valence-electron chi connectivity index (χ0n) is 17.9. The summed E-state index contributed by atoms with van der Waals surface area (Å²) in [5.41, 5.74) is 9.90. The summed E-state index contributed by atoms with van der Waals surface area (Å²) in [7, 11) is 3.11. The van der Waals surface area contributed by atoms with Gasteiger partial charge in [0.1, 0.15) is 6.04 Å². The van der Waals surface area contributed by atoms with E-state index in [1.54, 1.807) is 32.7 Å². The van der Waals surface area contributed by atoms with Crippen LogP contribution in [0.15, 0.2) is 61.2 Å². The minimum absolute atomic E-state index is 0.474. The lowest BCUT2D eigenvalue weighted by atomic mass is 10.00. The lowest BCUT2D eigenvalue weighted by Crippen LogP contribution is -2.35. The van der Waals surface area contributed by atoms with Crippen molar-refractivity contribution in [2.24, 2.45) is 5.73 Å². The number of para-hydroxylation sites is 1. The predicted octanol–water partition coefficient (Wildman–Crippen LogP) is 2.64. The van der Waals surface area contributed by atoms with Gasteiger partial charge in [-0.3, -0.25) is 14.8 Å². The van der Waals surface area contributed by atoms with Gasteiger partial charge < -0.3 is 20.5 Å². The Morgan fingerprint density at radius 1 is 0.968 bits per heavy atom. The quantitative estimate of drug-likeness (QED) is 0.495. The van der Waals surface area contributed by atoms with Crippen molar-refractivity contribution in [3.63, 3.8) is 0 Å². The van der Waals surface area contributed by atoms with E-state index in [0.717, 1.165) is 19.3 Å². The van der Waals surface area contributed by atoms with Crippen LogP contribution < -0.4 is 20.5 Å². The molecule has 0 saturated carbocycles. The van der Waals surface area contributed by atoms with E-state index >= 15 is 0 Å². The van der Waals surface area contributed by atoms with Crippen LogP contribution in [0.2, 0.25) is 0 Å². The van der Waals surface area contributed by atoms with Gasteiger partial charge in [-0.05, 0) is 54.2 Å². The summed E-state index contributed by atoms with van der Waals surface area (Å²) in [6, 6.07) is 10.8. The molecule has 0 spiro atoms. The van der Waals surface area contributed by atoms with Crippen molar-refractivity contribution in [3.8, 4) is 11.5 Å². The SMILES string of the molecule is COc1cccc(C(NCCc2ccncc2CCc2cccnc2)C(N)=O)c1OC. The largest absolute Gasteiger partial charge is 0.493 e. The number of pyridine rings is 2. The van der Waals surface area contributed by atoms with Crippen LogP contribution in [0.3, 0.4) is 0 Å². The highest BCUT2D eigenvalue weighted by molar-refractivity contribution is 5.82. The number of aryl methyl sites for hydroxylation is 2. The molecule has 0 saturated heterocycles. The van der Waals surface area contributed by atoms with Crippen LogP contribution in [-0.4, -0.2) is 36.6 Å². The van der Waals surface area contributed by atoms with Gasteiger partial charge in [-0.25, -0.2) is 0 Å². The van der Waals surface area contributed by atoms with Crippen LogP contribution in [-0.2, 0) is 24.1 Å². The van der Waals surface area contributed by atoms with Crippen LogP contribution in [0.1, 0.15) is 28.3 Å². The van der Waals surface area contributed by atoms with E-state index in [-0.39, 0.29) is 0 Å². The smallest absolute Gasteiger partial charge is 0.239 e. The molecule has 0 radical (unpaired) electrons. The van der Waals surface area contributed by atoms with Crippen molar-refractivity contribution in [2.75, 3.05) is 20.8 Å². The fourth-order valence-corrected chi connectivity index (χ4v) is 3.60. The molecule has 2 aromatic heterocycles. The number of amides is 1. The number of ether oxygens (including phenoxy) is 2. The highest BCUT2D eigenvalue weighted by Crippen LogP contribution is 2.34. The van der Waals surface area contributed by atoms with Gasteiger partial charge in [0.25, 0.3) is 0 Å². The number of primary amides is 1. The van der Waals surface area contributed by atoms with Crippen molar-refractivity contribution in [2.45, 2.75) is 25.3 Å². The maximum atomic E-state index is 12.2. The third-order valence-corrected chi connectivity index (χ3v) is 5.18. The first-order valence-corrected chi connectivity index (χ1v) is 10.2. The van der Waals surface area contributed by atoms with Crippen LogP contribution in [0.5, 0.6) is 11.5 Å². The second-order valence-electron chi connectivity index (χ2n) is 7.13. The molecule has 31 heavy (non-hydrogen) atoms. The molecule has 0 aliphatic carbocycles. The Kier molecular flexibility index (Phi) is 7.95. The van der Waals surface area contributed by atoms with Gasteiger partial charge in [0.05, 0.1) is 14.2 Å². The molecule has 162 valence electrons. The maximum Gasteiger partial charge on any atom is 0.239 e. The molecule has 3 N–H and O–H groups in total. The van der Waals surface area contributed by atoms with Crippen molar-refractivity contribution in [1.29, 1.82) is 0 Å². The number of hydrogen-bond acceptors (Lipinski definition) is 6. The molecule has 1 atom stereocenters. The first-order valence-electron chi connectivity index (χ1n) is 10.2. The minimum Gasteiger partial charge on any atom is -0.493 e. The molecule has 7 heteroatoms. The van der Waals surface area contributed by atoms with Crippen molar-refractivity contribution in [1.82, 2.24) is 15.3 Å². The third kappa shape index (κ3) is 5.79. The summed E-state index contributed by atoms with van der Waals surface area (Å²) in [4.78, 5) is 20.6. The van der Waals surface area contributed by atoms with E-state index in [4.69, 9.17) is 15.2 Å². The highest BCUT2D eigenvalue weighted by Gasteiger charge is 2.23. The Balaban J connectivity index is 1.68. The molecule has 1 aromatic carbocycles. The summed E-state index contributed by atoms with van der Waals surface area (Å²) in [6.07, 6.45) is 9.86. The Bertz CT molecular complexity index is 995. The Labute approximate surface area is 182 Å². The molecule has 1 unspecified atom stereocenters. The molecule has 3 aromatic rings.